The van der Waals surface area contributed by atoms with Crippen LogP contribution in [-0.2, 0) is 9.57 Å². The average Bonchev–Trinajstić information content (AvgIpc) is 2.78. The molecule has 1 saturated heterocycles. The second kappa shape index (κ2) is 10.6. The summed E-state index contributed by atoms with van der Waals surface area (Å²) in [6.45, 7) is 9.51. The van der Waals surface area contributed by atoms with E-state index in [-0.39, 0.29) is 5.56 Å². The van der Waals surface area contributed by atoms with E-state index in [4.69, 9.17) is 9.57 Å². The van der Waals surface area contributed by atoms with E-state index in [0.717, 1.165) is 30.1 Å². The molecule has 1 fully saturated rings. The quantitative estimate of drug-likeness (QED) is 0.676. The van der Waals surface area contributed by atoms with Crippen LogP contribution in [0, 0.1) is 0 Å². The second-order valence-electron chi connectivity index (χ2n) is 8.59. The smallest absolute Gasteiger partial charge is 0.383 e. The van der Waals surface area contributed by atoms with Crippen molar-refractivity contribution in [3.05, 3.63) is 48.3 Å². The van der Waals surface area contributed by atoms with E-state index in [1.165, 1.54) is 12.4 Å². The van der Waals surface area contributed by atoms with Gasteiger partial charge >= 0.3 is 6.09 Å². The molecule has 0 atom stereocenters. The molecule has 0 N–H and O–H groups in total. The van der Waals surface area contributed by atoms with Crippen LogP contribution in [0.4, 0.5) is 4.79 Å². The van der Waals surface area contributed by atoms with Crippen molar-refractivity contribution in [3.8, 4) is 11.4 Å². The average molecular weight is 442 g/mol. The molecule has 0 spiro atoms. The van der Waals surface area contributed by atoms with Gasteiger partial charge in [0.05, 0.1) is 12.2 Å². The molecule has 172 valence electrons. The summed E-state index contributed by atoms with van der Waals surface area (Å²) in [5.74, 6) is 0.0132. The zero-order valence-electron chi connectivity index (χ0n) is 19.2. The largest absolute Gasteiger partial charge is 0.436 e. The number of carbonyl (C=O) groups is 2. The topological polar surface area (TPSA) is 88.1 Å². The molecule has 0 unspecified atom stereocenters. The number of carbonyl (C=O) groups excluding carboxylic acids is 2. The lowest BCUT2D eigenvalue weighted by molar-refractivity contribution is -0.135. The van der Waals surface area contributed by atoms with Gasteiger partial charge in [0.15, 0.2) is 5.82 Å². The molecular weight excluding hydrogens is 410 g/mol. The highest BCUT2D eigenvalue weighted by Crippen LogP contribution is 2.20. The van der Waals surface area contributed by atoms with E-state index in [1.807, 2.05) is 30.3 Å². The molecule has 0 aliphatic carbocycles. The Morgan fingerprint density at radius 2 is 1.66 bits per heavy atom. The van der Waals surface area contributed by atoms with Crippen LogP contribution in [0.5, 0.6) is 0 Å². The van der Waals surface area contributed by atoms with E-state index < -0.39 is 17.5 Å². The predicted octanol–water partition coefficient (Wildman–Crippen LogP) is 2.70. The van der Waals surface area contributed by atoms with Crippen LogP contribution in [0.15, 0.2) is 42.7 Å². The van der Waals surface area contributed by atoms with Gasteiger partial charge in [-0.15, -0.1) is 5.06 Å². The SMILES string of the molecule is COCCN1CCN(OC(=O)N(C(=O)c2cnc(-c3ccccc3)nc2)C(C)(C)C)CC1. The van der Waals surface area contributed by atoms with Gasteiger partial charge in [0.25, 0.3) is 5.91 Å². The number of hydroxylamine groups is 2. The first kappa shape index (κ1) is 23.8. The normalized spacial score (nSPS) is 15.4. The van der Waals surface area contributed by atoms with Gasteiger partial charge in [-0.3, -0.25) is 9.69 Å². The highest BCUT2D eigenvalue weighted by Gasteiger charge is 2.36. The Hall–Kier alpha value is -2.88. The Morgan fingerprint density at radius 3 is 2.22 bits per heavy atom. The van der Waals surface area contributed by atoms with Gasteiger partial charge in [-0.25, -0.2) is 19.7 Å². The number of piperazine rings is 1. The minimum absolute atomic E-state index is 0.223. The van der Waals surface area contributed by atoms with Crippen molar-refractivity contribution in [2.45, 2.75) is 26.3 Å². The Kier molecular flexibility index (Phi) is 7.89. The van der Waals surface area contributed by atoms with Gasteiger partial charge in [-0.05, 0) is 20.8 Å². The lowest BCUT2D eigenvalue weighted by Crippen LogP contribution is -2.54. The molecular formula is C23H31N5O4. The lowest BCUT2D eigenvalue weighted by Gasteiger charge is -2.37. The van der Waals surface area contributed by atoms with Crippen LogP contribution in [0.2, 0.25) is 0 Å². The van der Waals surface area contributed by atoms with Crippen molar-refractivity contribution in [1.29, 1.82) is 0 Å². The minimum atomic E-state index is -0.785. The minimum Gasteiger partial charge on any atom is -0.383 e. The lowest BCUT2D eigenvalue weighted by atomic mass is 10.1. The summed E-state index contributed by atoms with van der Waals surface area (Å²) in [5.41, 5.74) is 0.288. The Bertz CT molecular complexity index is 891. The first-order chi connectivity index (χ1) is 15.3. The molecule has 0 radical (unpaired) electrons. The molecule has 3 rings (SSSR count). The third-order valence-corrected chi connectivity index (χ3v) is 5.14. The molecule has 2 amide bonds. The zero-order chi connectivity index (χ0) is 23.1. The molecule has 1 aromatic heterocycles. The molecule has 0 saturated carbocycles. The van der Waals surface area contributed by atoms with Gasteiger partial charge in [0, 0.05) is 63.3 Å². The monoisotopic (exact) mass is 441 g/mol. The molecule has 0 bridgehead atoms. The first-order valence-electron chi connectivity index (χ1n) is 10.7. The Labute approximate surface area is 188 Å². The highest BCUT2D eigenvalue weighted by molar-refractivity contribution is 6.03. The van der Waals surface area contributed by atoms with Crippen LogP contribution >= 0.6 is 0 Å². The first-order valence-corrected chi connectivity index (χ1v) is 10.7. The van der Waals surface area contributed by atoms with Crippen molar-refractivity contribution >= 4 is 12.0 Å². The van der Waals surface area contributed by atoms with E-state index in [0.29, 0.717) is 25.5 Å². The van der Waals surface area contributed by atoms with E-state index in [1.54, 1.807) is 32.9 Å². The number of methoxy groups -OCH3 is 1. The molecule has 2 aromatic rings. The van der Waals surface area contributed by atoms with Crippen LogP contribution in [0.25, 0.3) is 11.4 Å². The van der Waals surface area contributed by atoms with Crippen molar-refractivity contribution in [2.75, 3.05) is 46.4 Å². The third-order valence-electron chi connectivity index (χ3n) is 5.14. The van der Waals surface area contributed by atoms with Gasteiger partial charge in [-0.2, -0.15) is 0 Å². The van der Waals surface area contributed by atoms with Crippen molar-refractivity contribution in [2.24, 2.45) is 0 Å². The van der Waals surface area contributed by atoms with Crippen LogP contribution in [-0.4, -0.2) is 88.8 Å². The molecule has 1 aliphatic rings. The number of imide groups is 1. The van der Waals surface area contributed by atoms with Gasteiger partial charge < -0.3 is 9.57 Å². The Morgan fingerprint density at radius 1 is 1.03 bits per heavy atom. The molecule has 32 heavy (non-hydrogen) atoms. The maximum absolute atomic E-state index is 13.2. The standard InChI is InChI=1S/C23H31N5O4/c1-23(2,3)28(22(30)32-27-12-10-26(11-13-27)14-15-31-4)21(29)19-16-24-20(25-17-19)18-8-6-5-7-9-18/h5-9,16-17H,10-15H2,1-4H3. The molecule has 9 heteroatoms. The third kappa shape index (κ3) is 6.09. The number of benzene rings is 1. The van der Waals surface area contributed by atoms with Gasteiger partial charge in [-0.1, -0.05) is 30.3 Å². The summed E-state index contributed by atoms with van der Waals surface area (Å²) in [5, 5.41) is 1.60. The molecule has 1 aromatic carbocycles. The molecule has 2 heterocycles. The maximum Gasteiger partial charge on any atom is 0.436 e. The summed E-state index contributed by atoms with van der Waals surface area (Å²) >= 11 is 0. The second-order valence-corrected chi connectivity index (χ2v) is 8.59. The fourth-order valence-electron chi connectivity index (χ4n) is 3.38. The summed E-state index contributed by atoms with van der Waals surface area (Å²) in [4.78, 5) is 43.7. The number of amides is 2. The number of hydrogen-bond donors (Lipinski definition) is 0. The number of rotatable bonds is 6. The van der Waals surface area contributed by atoms with E-state index in [9.17, 15) is 9.59 Å². The van der Waals surface area contributed by atoms with E-state index in [2.05, 4.69) is 14.9 Å². The number of aromatic nitrogens is 2. The van der Waals surface area contributed by atoms with Crippen molar-refractivity contribution < 1.29 is 19.2 Å². The molecule has 1 aliphatic heterocycles. The van der Waals surface area contributed by atoms with Crippen LogP contribution in [0.1, 0.15) is 31.1 Å². The fourth-order valence-corrected chi connectivity index (χ4v) is 3.38. The number of ether oxygens (including phenoxy) is 1. The predicted molar refractivity (Wildman–Crippen MR) is 120 cm³/mol. The van der Waals surface area contributed by atoms with Crippen molar-refractivity contribution in [3.63, 3.8) is 0 Å². The molecule has 9 nitrogen and oxygen atoms in total. The van der Waals surface area contributed by atoms with Gasteiger partial charge in [0.2, 0.25) is 0 Å². The van der Waals surface area contributed by atoms with E-state index >= 15 is 0 Å². The zero-order valence-corrected chi connectivity index (χ0v) is 19.2. The van der Waals surface area contributed by atoms with Gasteiger partial charge in [0.1, 0.15) is 0 Å². The number of nitrogens with zero attached hydrogens (tertiary/aromatic N) is 5. The maximum atomic E-state index is 13.2. The summed E-state index contributed by atoms with van der Waals surface area (Å²) in [7, 11) is 1.68. The summed E-state index contributed by atoms with van der Waals surface area (Å²) < 4.78 is 5.11. The summed E-state index contributed by atoms with van der Waals surface area (Å²) in [6.07, 6.45) is 2.18. The summed E-state index contributed by atoms with van der Waals surface area (Å²) in [6, 6.07) is 9.49. The number of hydrogen-bond acceptors (Lipinski definition) is 8. The highest BCUT2D eigenvalue weighted by atomic mass is 16.7. The van der Waals surface area contributed by atoms with Crippen molar-refractivity contribution in [1.82, 2.24) is 24.8 Å². The Balaban J connectivity index is 1.67. The van der Waals surface area contributed by atoms with Crippen LogP contribution < -0.4 is 0 Å². The fraction of sp³-hybridized carbons (Fsp3) is 0.478. The van der Waals surface area contributed by atoms with Crippen LogP contribution in [0.3, 0.4) is 0 Å².